The van der Waals surface area contributed by atoms with Gasteiger partial charge in [-0.3, -0.25) is 0 Å². The van der Waals surface area contributed by atoms with Gasteiger partial charge in [0.15, 0.2) is 0 Å². The number of nitrogen functional groups attached to an aromatic ring is 1. The third kappa shape index (κ3) is 3.93. The van der Waals surface area contributed by atoms with E-state index in [1.54, 1.807) is 4.31 Å². The molecule has 0 aliphatic carbocycles. The minimum absolute atomic E-state index is 0.131. The lowest BCUT2D eigenvalue weighted by atomic mass is 10.2. The minimum Gasteiger partial charge on any atom is -0.398 e. The first kappa shape index (κ1) is 16.6. The Morgan fingerprint density at radius 1 is 1.33 bits per heavy atom. The van der Waals surface area contributed by atoms with Crippen molar-refractivity contribution in [3.05, 3.63) is 24.3 Å². The number of rotatable bonds is 6. The highest BCUT2D eigenvalue weighted by Gasteiger charge is 2.37. The molecule has 2 atom stereocenters. The third-order valence-electron chi connectivity index (χ3n) is 4.02. The summed E-state index contributed by atoms with van der Waals surface area (Å²) in [6, 6.07) is 7.88. The summed E-state index contributed by atoms with van der Waals surface area (Å²) in [4.78, 5) is 0.953. The molecule has 6 heteroatoms. The Morgan fingerprint density at radius 2 is 2.05 bits per heavy atom. The van der Waals surface area contributed by atoms with Gasteiger partial charge in [0.25, 0.3) is 0 Å². The van der Waals surface area contributed by atoms with Crippen LogP contribution in [-0.2, 0) is 10.0 Å². The average Bonchev–Trinajstić information content (AvgIpc) is 2.83. The summed E-state index contributed by atoms with van der Waals surface area (Å²) in [5, 5.41) is 0. The molecule has 0 radical (unpaired) electrons. The second kappa shape index (κ2) is 7.03. The van der Waals surface area contributed by atoms with E-state index in [2.05, 4.69) is 6.92 Å². The topological polar surface area (TPSA) is 63.4 Å². The SMILES string of the molecule is CCC1CCC(C)N1S(=O)(=O)CCSc1ccccc1N. The molecular formula is C15H24N2O2S2. The second-order valence-electron chi connectivity index (χ2n) is 5.52. The molecule has 2 rings (SSSR count). The van der Waals surface area contributed by atoms with Crippen LogP contribution in [0, 0.1) is 0 Å². The van der Waals surface area contributed by atoms with Crippen molar-refractivity contribution in [1.29, 1.82) is 0 Å². The van der Waals surface area contributed by atoms with Gasteiger partial charge < -0.3 is 5.73 Å². The van der Waals surface area contributed by atoms with E-state index in [1.807, 2.05) is 31.2 Å². The Kier molecular flexibility index (Phi) is 5.57. The molecule has 4 nitrogen and oxygen atoms in total. The van der Waals surface area contributed by atoms with Crippen molar-refractivity contribution in [2.45, 2.75) is 50.1 Å². The zero-order valence-electron chi connectivity index (χ0n) is 12.7. The summed E-state index contributed by atoms with van der Waals surface area (Å²) in [5.41, 5.74) is 6.59. The van der Waals surface area contributed by atoms with Crippen LogP contribution < -0.4 is 5.73 Å². The maximum absolute atomic E-state index is 12.6. The maximum atomic E-state index is 12.6. The zero-order chi connectivity index (χ0) is 15.5. The number of thioether (sulfide) groups is 1. The molecule has 118 valence electrons. The second-order valence-corrected chi connectivity index (χ2v) is 8.65. The minimum atomic E-state index is -3.18. The molecule has 0 spiro atoms. The fraction of sp³-hybridized carbons (Fsp3) is 0.600. The van der Waals surface area contributed by atoms with Crippen LogP contribution in [0.4, 0.5) is 5.69 Å². The molecule has 1 fully saturated rings. The Bertz CT molecular complexity index is 575. The van der Waals surface area contributed by atoms with Crippen molar-refractivity contribution in [2.75, 3.05) is 17.2 Å². The predicted molar refractivity (Wildman–Crippen MR) is 90.0 cm³/mol. The highest BCUT2D eigenvalue weighted by Crippen LogP contribution is 2.30. The van der Waals surface area contributed by atoms with E-state index in [9.17, 15) is 8.42 Å². The fourth-order valence-corrected chi connectivity index (χ4v) is 6.29. The largest absolute Gasteiger partial charge is 0.398 e. The summed E-state index contributed by atoms with van der Waals surface area (Å²) in [6.45, 7) is 4.07. The molecule has 1 aromatic carbocycles. The molecule has 1 aromatic rings. The Morgan fingerprint density at radius 3 is 2.71 bits per heavy atom. The molecule has 1 aliphatic heterocycles. The number of sulfonamides is 1. The molecule has 1 heterocycles. The lowest BCUT2D eigenvalue weighted by molar-refractivity contribution is 0.329. The van der Waals surface area contributed by atoms with E-state index < -0.39 is 10.0 Å². The summed E-state index contributed by atoms with van der Waals surface area (Å²) >= 11 is 1.51. The molecule has 0 amide bonds. The number of hydrogen-bond donors (Lipinski definition) is 1. The van der Waals surface area contributed by atoms with Gasteiger partial charge in [0, 0.05) is 28.4 Å². The van der Waals surface area contributed by atoms with Crippen LogP contribution in [0.1, 0.15) is 33.1 Å². The number of benzene rings is 1. The van der Waals surface area contributed by atoms with Gasteiger partial charge in [0.05, 0.1) is 5.75 Å². The van der Waals surface area contributed by atoms with Gasteiger partial charge in [0.2, 0.25) is 10.0 Å². The standard InChI is InChI=1S/C15H24N2O2S2/c1-3-13-9-8-12(2)17(13)21(18,19)11-10-20-15-7-5-4-6-14(15)16/h4-7,12-13H,3,8-11,16H2,1-2H3. The van der Waals surface area contributed by atoms with E-state index >= 15 is 0 Å². The van der Waals surface area contributed by atoms with Crippen molar-refractivity contribution in [2.24, 2.45) is 0 Å². The Labute approximate surface area is 132 Å². The highest BCUT2D eigenvalue weighted by atomic mass is 32.2. The number of nitrogens with zero attached hydrogens (tertiary/aromatic N) is 1. The van der Waals surface area contributed by atoms with E-state index in [1.165, 1.54) is 11.8 Å². The van der Waals surface area contributed by atoms with Gasteiger partial charge in [-0.1, -0.05) is 19.1 Å². The van der Waals surface area contributed by atoms with Crippen LogP contribution in [0.15, 0.2) is 29.2 Å². The average molecular weight is 329 g/mol. The van der Waals surface area contributed by atoms with Crippen LogP contribution in [0.5, 0.6) is 0 Å². The van der Waals surface area contributed by atoms with Gasteiger partial charge in [-0.2, -0.15) is 4.31 Å². The first-order chi connectivity index (χ1) is 9.95. The molecule has 1 aliphatic rings. The molecule has 0 aromatic heterocycles. The quantitative estimate of drug-likeness (QED) is 0.644. The van der Waals surface area contributed by atoms with Crippen LogP contribution in [0.25, 0.3) is 0 Å². The van der Waals surface area contributed by atoms with Crippen LogP contribution in [0.3, 0.4) is 0 Å². The van der Waals surface area contributed by atoms with Gasteiger partial charge >= 0.3 is 0 Å². The predicted octanol–water partition coefficient (Wildman–Crippen LogP) is 2.95. The third-order valence-corrected chi connectivity index (χ3v) is 7.39. The fourth-order valence-electron chi connectivity index (χ4n) is 2.91. The Hall–Kier alpha value is -0.720. The van der Waals surface area contributed by atoms with Crippen LogP contribution in [-0.4, -0.2) is 36.3 Å². The van der Waals surface area contributed by atoms with Crippen molar-refractivity contribution >= 4 is 27.5 Å². The molecular weight excluding hydrogens is 304 g/mol. The summed E-state index contributed by atoms with van der Waals surface area (Å²) < 4.78 is 26.9. The summed E-state index contributed by atoms with van der Waals surface area (Å²) in [5.74, 6) is 0.711. The van der Waals surface area contributed by atoms with E-state index in [0.717, 1.165) is 24.2 Å². The highest BCUT2D eigenvalue weighted by molar-refractivity contribution is 8.00. The van der Waals surface area contributed by atoms with Gasteiger partial charge in [-0.25, -0.2) is 8.42 Å². The molecule has 0 bridgehead atoms. The summed E-state index contributed by atoms with van der Waals surface area (Å²) in [7, 11) is -3.18. The molecule has 0 saturated carbocycles. The van der Waals surface area contributed by atoms with E-state index in [-0.39, 0.29) is 17.8 Å². The van der Waals surface area contributed by atoms with Crippen molar-refractivity contribution in [3.63, 3.8) is 0 Å². The smallest absolute Gasteiger partial charge is 0.215 e. The van der Waals surface area contributed by atoms with E-state index in [0.29, 0.717) is 11.4 Å². The normalized spacial score (nSPS) is 23.5. The monoisotopic (exact) mass is 328 g/mol. The number of anilines is 1. The molecule has 2 N–H and O–H groups in total. The van der Waals surface area contributed by atoms with Crippen LogP contribution in [0.2, 0.25) is 0 Å². The number of nitrogens with two attached hydrogens (primary N) is 1. The maximum Gasteiger partial charge on any atom is 0.215 e. The van der Waals surface area contributed by atoms with Crippen molar-refractivity contribution in [1.82, 2.24) is 4.31 Å². The van der Waals surface area contributed by atoms with Gasteiger partial charge in [-0.15, -0.1) is 11.8 Å². The van der Waals surface area contributed by atoms with Gasteiger partial charge in [-0.05, 0) is 38.3 Å². The Balaban J connectivity index is 1.97. The van der Waals surface area contributed by atoms with Gasteiger partial charge in [0.1, 0.15) is 0 Å². The van der Waals surface area contributed by atoms with Crippen molar-refractivity contribution in [3.8, 4) is 0 Å². The van der Waals surface area contributed by atoms with Crippen LogP contribution >= 0.6 is 11.8 Å². The molecule has 2 unspecified atom stereocenters. The first-order valence-corrected chi connectivity index (χ1v) is 10.0. The van der Waals surface area contributed by atoms with Crippen molar-refractivity contribution < 1.29 is 8.42 Å². The zero-order valence-corrected chi connectivity index (χ0v) is 14.3. The first-order valence-electron chi connectivity index (χ1n) is 7.44. The molecule has 1 saturated heterocycles. The van der Waals surface area contributed by atoms with E-state index in [4.69, 9.17) is 5.73 Å². The lowest BCUT2D eigenvalue weighted by Gasteiger charge is -2.26. The number of para-hydroxylation sites is 1. The summed E-state index contributed by atoms with van der Waals surface area (Å²) in [6.07, 6.45) is 2.84. The molecule has 21 heavy (non-hydrogen) atoms. The lowest BCUT2D eigenvalue weighted by Crippen LogP contribution is -2.41. The number of hydrogen-bond acceptors (Lipinski definition) is 4.